The molecule has 1 fully saturated rings. The van der Waals surface area contributed by atoms with E-state index in [4.69, 9.17) is 9.47 Å². The molecule has 0 saturated carbocycles. The summed E-state index contributed by atoms with van der Waals surface area (Å²) in [6.07, 6.45) is 5.48. The number of pyridine rings is 1. The summed E-state index contributed by atoms with van der Waals surface area (Å²) in [6.45, 7) is 4.98. The maximum Gasteiger partial charge on any atom is 0.290 e. The number of carbonyl (C=O) groups is 2. The van der Waals surface area contributed by atoms with Crippen molar-refractivity contribution in [2.45, 2.75) is 32.8 Å². The van der Waals surface area contributed by atoms with Crippen LogP contribution in [0.2, 0.25) is 0 Å². The molecule has 0 bridgehead atoms. The summed E-state index contributed by atoms with van der Waals surface area (Å²) in [5.41, 5.74) is 6.20. The van der Waals surface area contributed by atoms with Crippen LogP contribution in [-0.4, -0.2) is 53.3 Å². The van der Waals surface area contributed by atoms with Crippen LogP contribution in [0.1, 0.15) is 40.2 Å². The maximum atomic E-state index is 12.6. The second-order valence-corrected chi connectivity index (χ2v) is 7.97. The molecule has 0 aliphatic carbocycles. The van der Waals surface area contributed by atoms with Crippen LogP contribution in [0.4, 0.5) is 0 Å². The summed E-state index contributed by atoms with van der Waals surface area (Å²) < 4.78 is 12.7. The molecule has 1 aliphatic rings. The van der Waals surface area contributed by atoms with Gasteiger partial charge in [0.1, 0.15) is 17.1 Å². The molecule has 0 radical (unpaired) electrons. The number of aryl methyl sites for hydroxylation is 2. The van der Waals surface area contributed by atoms with Gasteiger partial charge in [-0.15, -0.1) is 0 Å². The molecule has 3 aromatic rings. The van der Waals surface area contributed by atoms with Gasteiger partial charge in [0, 0.05) is 19.3 Å². The predicted molar refractivity (Wildman–Crippen MR) is 124 cm³/mol. The van der Waals surface area contributed by atoms with E-state index in [-0.39, 0.29) is 24.5 Å². The Kier molecular flexibility index (Phi) is 6.99. The number of benzene rings is 1. The van der Waals surface area contributed by atoms with Gasteiger partial charge in [-0.25, -0.2) is 10.4 Å². The van der Waals surface area contributed by atoms with Gasteiger partial charge in [0.05, 0.1) is 18.0 Å². The minimum Gasteiger partial charge on any atom is -0.484 e. The first-order chi connectivity index (χ1) is 16.0. The number of hydrogen-bond acceptors (Lipinski definition) is 6. The molecule has 9 nitrogen and oxygen atoms in total. The van der Waals surface area contributed by atoms with E-state index in [2.05, 4.69) is 20.8 Å². The van der Waals surface area contributed by atoms with Crippen LogP contribution in [0.5, 0.6) is 5.75 Å². The van der Waals surface area contributed by atoms with Crippen LogP contribution in [0.15, 0.2) is 47.7 Å². The molecule has 9 heteroatoms. The van der Waals surface area contributed by atoms with Crippen LogP contribution in [0.25, 0.3) is 5.65 Å². The standard InChI is InChI=1S/C24H27N5O4/c1-16-9-10-29-21(12-16)27-17(2)23(29)24(31)28-26-13-18-5-7-19(8-6-18)33-15-22(30)25-14-20-4-3-11-32-20/h5-10,12-13,20H,3-4,11,14-15H2,1-2H3,(H,25,30)(H,28,31)/b26-13-/t20-/m0/s1. The van der Waals surface area contributed by atoms with Gasteiger partial charge in [-0.1, -0.05) is 0 Å². The number of ether oxygens (including phenoxy) is 2. The van der Waals surface area contributed by atoms with Crippen LogP contribution >= 0.6 is 0 Å². The highest BCUT2D eigenvalue weighted by atomic mass is 16.5. The molecule has 0 unspecified atom stereocenters. The molecular formula is C24H27N5O4. The second-order valence-electron chi connectivity index (χ2n) is 7.97. The van der Waals surface area contributed by atoms with Gasteiger partial charge in [0.25, 0.3) is 11.8 Å². The lowest BCUT2D eigenvalue weighted by molar-refractivity contribution is -0.123. The smallest absolute Gasteiger partial charge is 0.290 e. The summed E-state index contributed by atoms with van der Waals surface area (Å²) in [6, 6.07) is 10.9. The number of fused-ring (bicyclic) bond motifs is 1. The lowest BCUT2D eigenvalue weighted by Crippen LogP contribution is -2.35. The Morgan fingerprint density at radius 3 is 2.85 bits per heavy atom. The van der Waals surface area contributed by atoms with E-state index in [0.29, 0.717) is 23.7 Å². The Bertz CT molecular complexity index is 1160. The van der Waals surface area contributed by atoms with E-state index < -0.39 is 0 Å². The van der Waals surface area contributed by atoms with Gasteiger partial charge in [-0.05, 0) is 74.2 Å². The zero-order chi connectivity index (χ0) is 23.2. The molecule has 2 N–H and O–H groups in total. The molecule has 0 spiro atoms. The maximum absolute atomic E-state index is 12.6. The molecule has 2 aromatic heterocycles. The molecule has 1 aromatic carbocycles. The van der Waals surface area contributed by atoms with Gasteiger partial charge in [0.2, 0.25) is 0 Å². The minimum atomic E-state index is -0.339. The summed E-state index contributed by atoms with van der Waals surface area (Å²) in [7, 11) is 0. The number of aromatic nitrogens is 2. The Morgan fingerprint density at radius 1 is 1.27 bits per heavy atom. The van der Waals surface area contributed by atoms with E-state index in [1.54, 1.807) is 41.8 Å². The van der Waals surface area contributed by atoms with E-state index in [1.807, 2.05) is 25.3 Å². The van der Waals surface area contributed by atoms with Crippen molar-refractivity contribution in [3.8, 4) is 5.75 Å². The highest BCUT2D eigenvalue weighted by Gasteiger charge is 2.17. The molecule has 1 saturated heterocycles. The van der Waals surface area contributed by atoms with Crippen molar-refractivity contribution in [1.29, 1.82) is 0 Å². The van der Waals surface area contributed by atoms with E-state index in [0.717, 1.165) is 36.2 Å². The van der Waals surface area contributed by atoms with Crippen LogP contribution < -0.4 is 15.5 Å². The minimum absolute atomic E-state index is 0.0611. The van der Waals surface area contributed by atoms with Gasteiger partial charge < -0.3 is 14.8 Å². The third kappa shape index (κ3) is 5.75. The lowest BCUT2D eigenvalue weighted by Gasteiger charge is -2.11. The fourth-order valence-corrected chi connectivity index (χ4v) is 3.64. The molecule has 33 heavy (non-hydrogen) atoms. The highest BCUT2D eigenvalue weighted by Crippen LogP contribution is 2.14. The Hall–Kier alpha value is -3.72. The zero-order valence-corrected chi connectivity index (χ0v) is 18.7. The molecular weight excluding hydrogens is 422 g/mol. The highest BCUT2D eigenvalue weighted by molar-refractivity contribution is 5.95. The van der Waals surface area contributed by atoms with Crippen molar-refractivity contribution >= 4 is 23.7 Å². The van der Waals surface area contributed by atoms with Crippen LogP contribution in [-0.2, 0) is 9.53 Å². The van der Waals surface area contributed by atoms with Crippen molar-refractivity contribution in [3.63, 3.8) is 0 Å². The number of hydrogen-bond donors (Lipinski definition) is 2. The Balaban J connectivity index is 1.26. The summed E-state index contributed by atoms with van der Waals surface area (Å²) in [4.78, 5) is 28.9. The third-order valence-corrected chi connectivity index (χ3v) is 5.35. The van der Waals surface area contributed by atoms with Crippen molar-refractivity contribution in [2.24, 2.45) is 5.10 Å². The number of rotatable bonds is 8. The first-order valence-corrected chi connectivity index (χ1v) is 10.9. The van der Waals surface area contributed by atoms with Gasteiger partial charge >= 0.3 is 0 Å². The summed E-state index contributed by atoms with van der Waals surface area (Å²) in [5, 5.41) is 6.86. The predicted octanol–water partition coefficient (Wildman–Crippen LogP) is 2.39. The Labute approximate surface area is 191 Å². The third-order valence-electron chi connectivity index (χ3n) is 5.35. The molecule has 4 rings (SSSR count). The Morgan fingerprint density at radius 2 is 2.09 bits per heavy atom. The summed E-state index contributed by atoms with van der Waals surface area (Å²) >= 11 is 0. The van der Waals surface area contributed by atoms with Gasteiger partial charge in [-0.3, -0.25) is 14.0 Å². The number of amides is 2. The number of nitrogens with one attached hydrogen (secondary N) is 2. The van der Waals surface area contributed by atoms with Crippen molar-refractivity contribution in [3.05, 3.63) is 65.1 Å². The topological polar surface area (TPSA) is 106 Å². The SMILES string of the molecule is Cc1ccn2c(C(=O)N/N=C\c3ccc(OCC(=O)NC[C@@H]4CCCO4)cc3)c(C)nc2c1. The zero-order valence-electron chi connectivity index (χ0n) is 18.7. The largest absolute Gasteiger partial charge is 0.484 e. The molecule has 1 aliphatic heterocycles. The molecule has 172 valence electrons. The van der Waals surface area contributed by atoms with Crippen LogP contribution in [0, 0.1) is 13.8 Å². The summed E-state index contributed by atoms with van der Waals surface area (Å²) in [5.74, 6) is 0.0471. The van der Waals surface area contributed by atoms with Gasteiger partial charge in [0.15, 0.2) is 6.61 Å². The average Bonchev–Trinajstić information content (AvgIpc) is 3.43. The van der Waals surface area contributed by atoms with E-state index in [9.17, 15) is 9.59 Å². The number of hydrazone groups is 1. The number of imidazole rings is 1. The molecule has 2 amide bonds. The number of nitrogens with zero attached hydrogens (tertiary/aromatic N) is 3. The molecule has 3 heterocycles. The van der Waals surface area contributed by atoms with Crippen LogP contribution in [0.3, 0.4) is 0 Å². The number of carbonyl (C=O) groups excluding carboxylic acids is 2. The average molecular weight is 450 g/mol. The fraction of sp³-hybridized carbons (Fsp3) is 0.333. The lowest BCUT2D eigenvalue weighted by atomic mass is 10.2. The van der Waals surface area contributed by atoms with Crippen molar-refractivity contribution in [1.82, 2.24) is 20.1 Å². The molecule has 1 atom stereocenters. The first kappa shape index (κ1) is 22.5. The quantitative estimate of drug-likeness (QED) is 0.406. The van der Waals surface area contributed by atoms with E-state index in [1.165, 1.54) is 0 Å². The normalized spacial score (nSPS) is 15.8. The monoisotopic (exact) mass is 449 g/mol. The second kappa shape index (κ2) is 10.3. The van der Waals surface area contributed by atoms with Crippen molar-refractivity contribution in [2.75, 3.05) is 19.8 Å². The first-order valence-electron chi connectivity index (χ1n) is 10.9. The van der Waals surface area contributed by atoms with Gasteiger partial charge in [-0.2, -0.15) is 5.10 Å². The fourth-order valence-electron chi connectivity index (χ4n) is 3.64. The van der Waals surface area contributed by atoms with E-state index >= 15 is 0 Å². The van der Waals surface area contributed by atoms with Crippen molar-refractivity contribution < 1.29 is 19.1 Å².